The molecule has 0 unspecified atom stereocenters. The molecule has 1 amide bonds. The molecule has 29 heavy (non-hydrogen) atoms. The average Bonchev–Trinajstić information content (AvgIpc) is 3.03. The molecule has 152 valence electrons. The lowest BCUT2D eigenvalue weighted by Gasteiger charge is -2.08. The number of carbonyl (C=O) groups excluding carboxylic acids is 2. The Morgan fingerprint density at radius 1 is 1.03 bits per heavy atom. The van der Waals surface area contributed by atoms with Crippen LogP contribution in [-0.2, 0) is 16.1 Å². The zero-order valence-electron chi connectivity index (χ0n) is 16.9. The number of hydrogen-bond donors (Lipinski definition) is 0. The van der Waals surface area contributed by atoms with Crippen molar-refractivity contribution in [3.8, 4) is 11.5 Å². The summed E-state index contributed by atoms with van der Waals surface area (Å²) < 4.78 is 17.9. The molecule has 3 aromatic rings. The Hall–Kier alpha value is -3.13. The molecule has 7 nitrogen and oxygen atoms in total. The second kappa shape index (κ2) is 8.48. The summed E-state index contributed by atoms with van der Waals surface area (Å²) in [5, 5.41) is 0. The number of hydrogen-bond acceptors (Lipinski definition) is 6. The number of rotatable bonds is 5. The number of ether oxygens (including phenoxy) is 3. The van der Waals surface area contributed by atoms with Gasteiger partial charge in [-0.2, -0.15) is 4.99 Å². The molecule has 2 aromatic carbocycles. The molecule has 8 heteroatoms. The number of thiazole rings is 1. The number of nitrogens with zero attached hydrogens (tertiary/aromatic N) is 2. The number of carbonyl (C=O) groups is 2. The molecule has 0 N–H and O–H groups in total. The molecule has 0 atom stereocenters. The molecule has 0 spiro atoms. The lowest BCUT2D eigenvalue weighted by molar-refractivity contribution is -0.141. The molecule has 1 aromatic heterocycles. The molecule has 0 saturated carbocycles. The SMILES string of the molecule is COC(=O)Cn1c(=NC(=O)c2cc(OC)ccc2OC)sc2cc(C)c(C)cc21. The maximum atomic E-state index is 13.0. The smallest absolute Gasteiger partial charge is 0.325 e. The summed E-state index contributed by atoms with van der Waals surface area (Å²) in [5.41, 5.74) is 3.31. The van der Waals surface area contributed by atoms with E-state index in [4.69, 9.17) is 14.2 Å². The highest BCUT2D eigenvalue weighted by molar-refractivity contribution is 7.16. The van der Waals surface area contributed by atoms with Crippen LogP contribution in [0.5, 0.6) is 11.5 Å². The Kier molecular flexibility index (Phi) is 6.03. The summed E-state index contributed by atoms with van der Waals surface area (Å²) in [5.74, 6) is 0.0106. The molecule has 0 aliphatic carbocycles. The first-order valence-corrected chi connectivity index (χ1v) is 9.68. The van der Waals surface area contributed by atoms with Crippen molar-refractivity contribution in [2.75, 3.05) is 21.3 Å². The largest absolute Gasteiger partial charge is 0.497 e. The standard InChI is InChI=1S/C21H22N2O5S/c1-12-8-16-18(9-13(12)2)29-21(23(16)11-19(24)28-5)22-20(25)15-10-14(26-3)6-7-17(15)27-4/h6-10H,11H2,1-5H3. The number of methoxy groups -OCH3 is 3. The molecule has 0 saturated heterocycles. The van der Waals surface area contributed by atoms with Crippen molar-refractivity contribution in [1.82, 2.24) is 4.57 Å². The molecule has 0 bridgehead atoms. The summed E-state index contributed by atoms with van der Waals surface area (Å²) in [6.07, 6.45) is 0. The van der Waals surface area contributed by atoms with Crippen LogP contribution in [0.25, 0.3) is 10.2 Å². The maximum Gasteiger partial charge on any atom is 0.325 e. The van der Waals surface area contributed by atoms with Crippen molar-refractivity contribution >= 4 is 33.4 Å². The van der Waals surface area contributed by atoms with E-state index in [1.54, 1.807) is 22.8 Å². The van der Waals surface area contributed by atoms with Gasteiger partial charge in [-0.25, -0.2) is 0 Å². The van der Waals surface area contributed by atoms with E-state index in [0.29, 0.717) is 16.3 Å². The Labute approximate surface area is 172 Å². The van der Waals surface area contributed by atoms with Gasteiger partial charge < -0.3 is 18.8 Å². The van der Waals surface area contributed by atoms with E-state index in [-0.39, 0.29) is 12.1 Å². The highest BCUT2D eigenvalue weighted by atomic mass is 32.1. The van der Waals surface area contributed by atoms with Crippen LogP contribution in [0.1, 0.15) is 21.5 Å². The molecule has 3 rings (SSSR count). The Morgan fingerprint density at radius 2 is 1.76 bits per heavy atom. The Morgan fingerprint density at radius 3 is 2.41 bits per heavy atom. The van der Waals surface area contributed by atoms with Gasteiger partial charge in [0.15, 0.2) is 4.80 Å². The number of aromatic nitrogens is 1. The monoisotopic (exact) mass is 414 g/mol. The Bertz CT molecular complexity index is 1160. The Balaban J connectivity index is 2.20. The predicted octanol–water partition coefficient (Wildman–Crippen LogP) is 3.25. The van der Waals surface area contributed by atoms with Crippen molar-refractivity contribution in [3.05, 3.63) is 51.8 Å². The third-order valence-corrected chi connectivity index (χ3v) is 5.69. The second-order valence-corrected chi connectivity index (χ2v) is 7.44. The second-order valence-electron chi connectivity index (χ2n) is 6.43. The lowest BCUT2D eigenvalue weighted by Crippen LogP contribution is -2.22. The van der Waals surface area contributed by atoms with Gasteiger partial charge in [0.25, 0.3) is 5.91 Å². The number of aryl methyl sites for hydroxylation is 2. The van der Waals surface area contributed by atoms with Crippen molar-refractivity contribution < 1.29 is 23.8 Å². The topological polar surface area (TPSA) is 79.1 Å². The minimum Gasteiger partial charge on any atom is -0.497 e. The summed E-state index contributed by atoms with van der Waals surface area (Å²) in [7, 11) is 4.34. The quantitative estimate of drug-likeness (QED) is 0.599. The van der Waals surface area contributed by atoms with Crippen LogP contribution in [0, 0.1) is 13.8 Å². The lowest BCUT2D eigenvalue weighted by atomic mass is 10.1. The van der Waals surface area contributed by atoms with Crippen LogP contribution >= 0.6 is 11.3 Å². The van der Waals surface area contributed by atoms with E-state index in [1.807, 2.05) is 26.0 Å². The van der Waals surface area contributed by atoms with E-state index < -0.39 is 11.9 Å². The highest BCUT2D eigenvalue weighted by Gasteiger charge is 2.16. The van der Waals surface area contributed by atoms with Gasteiger partial charge in [0.1, 0.15) is 18.0 Å². The van der Waals surface area contributed by atoms with E-state index >= 15 is 0 Å². The van der Waals surface area contributed by atoms with Crippen LogP contribution in [0.4, 0.5) is 0 Å². The van der Waals surface area contributed by atoms with Gasteiger partial charge in [0.2, 0.25) is 0 Å². The van der Waals surface area contributed by atoms with Crippen molar-refractivity contribution in [1.29, 1.82) is 0 Å². The molecular weight excluding hydrogens is 392 g/mol. The van der Waals surface area contributed by atoms with Crippen LogP contribution < -0.4 is 14.3 Å². The van der Waals surface area contributed by atoms with Gasteiger partial charge in [-0.1, -0.05) is 11.3 Å². The van der Waals surface area contributed by atoms with Gasteiger partial charge in [-0.3, -0.25) is 9.59 Å². The number of esters is 1. The summed E-state index contributed by atoms with van der Waals surface area (Å²) >= 11 is 1.34. The van der Waals surface area contributed by atoms with Gasteiger partial charge in [0.05, 0.1) is 37.1 Å². The van der Waals surface area contributed by atoms with Gasteiger partial charge in [0, 0.05) is 0 Å². The van der Waals surface area contributed by atoms with Crippen molar-refractivity contribution in [2.24, 2.45) is 4.99 Å². The zero-order chi connectivity index (χ0) is 21.1. The first kappa shape index (κ1) is 20.6. The van der Waals surface area contributed by atoms with Gasteiger partial charge >= 0.3 is 5.97 Å². The molecular formula is C21H22N2O5S. The van der Waals surface area contributed by atoms with Gasteiger partial charge in [-0.05, 0) is 55.3 Å². The third kappa shape index (κ3) is 4.17. The predicted molar refractivity (Wildman–Crippen MR) is 111 cm³/mol. The molecule has 0 fully saturated rings. The van der Waals surface area contributed by atoms with E-state index in [0.717, 1.165) is 21.3 Å². The average molecular weight is 414 g/mol. The van der Waals surface area contributed by atoms with Crippen molar-refractivity contribution in [3.63, 3.8) is 0 Å². The summed E-state index contributed by atoms with van der Waals surface area (Å²) in [6.45, 7) is 3.97. The first-order valence-electron chi connectivity index (χ1n) is 8.86. The highest BCUT2D eigenvalue weighted by Crippen LogP contribution is 2.25. The van der Waals surface area contributed by atoms with Gasteiger partial charge in [-0.15, -0.1) is 0 Å². The van der Waals surface area contributed by atoms with E-state index in [9.17, 15) is 9.59 Å². The normalized spacial score (nSPS) is 11.6. The molecule has 0 aliphatic heterocycles. The first-order chi connectivity index (χ1) is 13.9. The fourth-order valence-electron chi connectivity index (χ4n) is 2.88. The van der Waals surface area contributed by atoms with Crippen LogP contribution in [0.2, 0.25) is 0 Å². The van der Waals surface area contributed by atoms with Crippen LogP contribution in [0.3, 0.4) is 0 Å². The van der Waals surface area contributed by atoms with E-state index in [1.165, 1.54) is 32.7 Å². The minimum atomic E-state index is -0.487. The molecule has 0 aliphatic rings. The fraction of sp³-hybridized carbons (Fsp3) is 0.286. The minimum absolute atomic E-state index is 0.0413. The van der Waals surface area contributed by atoms with Crippen LogP contribution in [-0.4, -0.2) is 37.8 Å². The number of amides is 1. The van der Waals surface area contributed by atoms with Crippen LogP contribution in [0.15, 0.2) is 35.3 Å². The maximum absolute atomic E-state index is 13.0. The number of benzene rings is 2. The van der Waals surface area contributed by atoms with Crippen molar-refractivity contribution in [2.45, 2.75) is 20.4 Å². The third-order valence-electron chi connectivity index (χ3n) is 4.65. The fourth-order valence-corrected chi connectivity index (χ4v) is 3.99. The van der Waals surface area contributed by atoms with E-state index in [2.05, 4.69) is 4.99 Å². The summed E-state index contributed by atoms with van der Waals surface area (Å²) in [6, 6.07) is 8.95. The molecule has 0 radical (unpaired) electrons. The zero-order valence-corrected chi connectivity index (χ0v) is 17.8. The number of fused-ring (bicyclic) bond motifs is 1. The molecule has 1 heterocycles. The summed E-state index contributed by atoms with van der Waals surface area (Å²) in [4.78, 5) is 29.6.